The molecule has 0 saturated carbocycles. The van der Waals surface area contributed by atoms with Gasteiger partial charge in [-0.25, -0.2) is 9.59 Å². The molecule has 0 aliphatic heterocycles. The highest BCUT2D eigenvalue weighted by Crippen LogP contribution is 2.28. The second kappa shape index (κ2) is 10.8. The van der Waals surface area contributed by atoms with E-state index in [1.54, 1.807) is 36.4 Å². The molecule has 0 amide bonds. The molecular formula is C23H18BrClO5. The molecule has 0 fully saturated rings. The number of hydrogen-bond acceptors (Lipinski definition) is 5. The summed E-state index contributed by atoms with van der Waals surface area (Å²) in [5, 5.41) is 0.546. The molecule has 3 aromatic rings. The molecule has 0 atom stereocenters. The van der Waals surface area contributed by atoms with Gasteiger partial charge in [-0.3, -0.25) is 0 Å². The molecule has 0 bridgehead atoms. The van der Waals surface area contributed by atoms with E-state index < -0.39 is 11.9 Å². The molecule has 0 aromatic heterocycles. The molecular weight excluding hydrogens is 472 g/mol. The van der Waals surface area contributed by atoms with Crippen LogP contribution in [0.1, 0.15) is 15.9 Å². The van der Waals surface area contributed by atoms with Crippen LogP contribution in [-0.2, 0) is 16.0 Å². The standard InChI is InChI=1S/C23H18BrClO5/c24-20-14-18(25)9-10-21(20)29-15-22(26)30-19-8-4-7-17(13-19)23(27)28-12-11-16-5-2-1-3-6-16/h1-10,13-14H,11-12,15H2. The molecule has 0 aliphatic carbocycles. The second-order valence-electron chi connectivity index (χ2n) is 6.24. The van der Waals surface area contributed by atoms with Crippen LogP contribution in [0.25, 0.3) is 0 Å². The van der Waals surface area contributed by atoms with Gasteiger partial charge in [-0.05, 0) is 57.9 Å². The summed E-state index contributed by atoms with van der Waals surface area (Å²) < 4.78 is 16.6. The third-order valence-electron chi connectivity index (χ3n) is 4.01. The molecule has 3 aromatic carbocycles. The summed E-state index contributed by atoms with van der Waals surface area (Å²) in [7, 11) is 0. The van der Waals surface area contributed by atoms with E-state index in [2.05, 4.69) is 15.9 Å². The van der Waals surface area contributed by atoms with Crippen LogP contribution >= 0.6 is 27.5 Å². The molecule has 0 radical (unpaired) electrons. The van der Waals surface area contributed by atoms with Gasteiger partial charge in [0.2, 0.25) is 0 Å². The molecule has 3 rings (SSSR count). The Balaban J connectivity index is 1.50. The summed E-state index contributed by atoms with van der Waals surface area (Å²) in [4.78, 5) is 24.3. The van der Waals surface area contributed by atoms with E-state index in [0.29, 0.717) is 27.2 Å². The fourth-order valence-corrected chi connectivity index (χ4v) is 3.36. The first kappa shape index (κ1) is 21.9. The van der Waals surface area contributed by atoms with E-state index in [0.717, 1.165) is 5.56 Å². The van der Waals surface area contributed by atoms with Crippen molar-refractivity contribution in [3.63, 3.8) is 0 Å². The summed E-state index contributed by atoms with van der Waals surface area (Å²) in [6.45, 7) is -0.0390. The zero-order valence-corrected chi connectivity index (χ0v) is 18.2. The van der Waals surface area contributed by atoms with Crippen molar-refractivity contribution in [1.82, 2.24) is 0 Å². The summed E-state index contributed by atoms with van der Waals surface area (Å²) in [6, 6.07) is 21.0. The van der Waals surface area contributed by atoms with Gasteiger partial charge in [-0.1, -0.05) is 48.0 Å². The van der Waals surface area contributed by atoms with Gasteiger partial charge in [0.15, 0.2) is 6.61 Å². The minimum Gasteiger partial charge on any atom is -0.481 e. The van der Waals surface area contributed by atoms with Crippen molar-refractivity contribution in [2.24, 2.45) is 0 Å². The number of carbonyl (C=O) groups is 2. The van der Waals surface area contributed by atoms with Crippen LogP contribution in [0.4, 0.5) is 0 Å². The van der Waals surface area contributed by atoms with E-state index in [-0.39, 0.29) is 19.0 Å². The highest BCUT2D eigenvalue weighted by Gasteiger charge is 2.12. The van der Waals surface area contributed by atoms with Crippen LogP contribution in [0, 0.1) is 0 Å². The SMILES string of the molecule is O=C(COc1ccc(Cl)cc1Br)Oc1cccc(C(=O)OCCc2ccccc2)c1. The van der Waals surface area contributed by atoms with Crippen molar-refractivity contribution in [3.05, 3.63) is 93.4 Å². The molecule has 0 N–H and O–H groups in total. The molecule has 5 nitrogen and oxygen atoms in total. The Morgan fingerprint density at radius 3 is 2.50 bits per heavy atom. The lowest BCUT2D eigenvalue weighted by Crippen LogP contribution is -2.18. The third kappa shape index (κ3) is 6.61. The third-order valence-corrected chi connectivity index (χ3v) is 4.86. The minimum absolute atomic E-state index is 0.233. The van der Waals surface area contributed by atoms with Crippen LogP contribution in [0.2, 0.25) is 5.02 Å². The smallest absolute Gasteiger partial charge is 0.349 e. The maximum absolute atomic E-state index is 12.2. The first-order chi connectivity index (χ1) is 14.5. The van der Waals surface area contributed by atoms with Crippen LogP contribution in [-0.4, -0.2) is 25.2 Å². The number of esters is 2. The molecule has 0 unspecified atom stereocenters. The topological polar surface area (TPSA) is 61.8 Å². The van der Waals surface area contributed by atoms with Crippen LogP contribution in [0.15, 0.2) is 77.3 Å². The zero-order valence-electron chi connectivity index (χ0n) is 15.8. The normalized spacial score (nSPS) is 10.3. The van der Waals surface area contributed by atoms with Crippen LogP contribution in [0.5, 0.6) is 11.5 Å². The van der Waals surface area contributed by atoms with Crippen LogP contribution < -0.4 is 9.47 Å². The summed E-state index contributed by atoms with van der Waals surface area (Å²) >= 11 is 9.19. The Hall–Kier alpha value is -2.83. The highest BCUT2D eigenvalue weighted by atomic mass is 79.9. The Kier molecular flexibility index (Phi) is 7.88. The van der Waals surface area contributed by atoms with Gasteiger partial charge < -0.3 is 14.2 Å². The Bertz CT molecular complexity index is 1020. The van der Waals surface area contributed by atoms with E-state index >= 15 is 0 Å². The summed E-state index contributed by atoms with van der Waals surface area (Å²) in [6.07, 6.45) is 0.624. The highest BCUT2D eigenvalue weighted by molar-refractivity contribution is 9.10. The van der Waals surface area contributed by atoms with Gasteiger partial charge in [0, 0.05) is 11.4 Å². The van der Waals surface area contributed by atoms with Gasteiger partial charge in [0.25, 0.3) is 0 Å². The average Bonchev–Trinajstić information content (AvgIpc) is 2.74. The van der Waals surface area contributed by atoms with Crippen molar-refractivity contribution in [2.75, 3.05) is 13.2 Å². The Morgan fingerprint density at radius 2 is 1.73 bits per heavy atom. The lowest BCUT2D eigenvalue weighted by Gasteiger charge is -2.09. The predicted molar refractivity (Wildman–Crippen MR) is 117 cm³/mol. The molecule has 0 saturated heterocycles. The molecule has 0 spiro atoms. The fourth-order valence-electron chi connectivity index (χ4n) is 2.57. The number of carbonyl (C=O) groups excluding carboxylic acids is 2. The van der Waals surface area contributed by atoms with Crippen molar-refractivity contribution in [2.45, 2.75) is 6.42 Å². The van der Waals surface area contributed by atoms with Gasteiger partial charge >= 0.3 is 11.9 Å². The van der Waals surface area contributed by atoms with Gasteiger partial charge in [0.05, 0.1) is 16.6 Å². The zero-order chi connectivity index (χ0) is 21.3. The largest absolute Gasteiger partial charge is 0.481 e. The molecule has 30 heavy (non-hydrogen) atoms. The van der Waals surface area contributed by atoms with Gasteiger partial charge in [0.1, 0.15) is 11.5 Å². The fraction of sp³-hybridized carbons (Fsp3) is 0.130. The maximum atomic E-state index is 12.2. The quantitative estimate of drug-likeness (QED) is 0.309. The average molecular weight is 490 g/mol. The summed E-state index contributed by atoms with van der Waals surface area (Å²) in [5.74, 6) is -0.389. The number of halogens is 2. The maximum Gasteiger partial charge on any atom is 0.349 e. The first-order valence-corrected chi connectivity index (χ1v) is 10.3. The van der Waals surface area contributed by atoms with Crippen LogP contribution in [0.3, 0.4) is 0 Å². The summed E-state index contributed by atoms with van der Waals surface area (Å²) in [5.41, 5.74) is 1.38. The van der Waals surface area contributed by atoms with Gasteiger partial charge in [-0.15, -0.1) is 0 Å². The number of rotatable bonds is 8. The van der Waals surface area contributed by atoms with E-state index in [4.69, 9.17) is 25.8 Å². The lowest BCUT2D eigenvalue weighted by atomic mass is 10.2. The lowest BCUT2D eigenvalue weighted by molar-refractivity contribution is -0.136. The number of ether oxygens (including phenoxy) is 3. The number of benzene rings is 3. The predicted octanol–water partition coefficient (Wildman–Crippen LogP) is 5.49. The van der Waals surface area contributed by atoms with Crippen molar-refractivity contribution < 1.29 is 23.8 Å². The first-order valence-electron chi connectivity index (χ1n) is 9.11. The molecule has 0 aliphatic rings. The second-order valence-corrected chi connectivity index (χ2v) is 7.53. The van der Waals surface area contributed by atoms with E-state index in [1.807, 2.05) is 30.3 Å². The Morgan fingerprint density at radius 1 is 0.933 bits per heavy atom. The molecule has 154 valence electrons. The van der Waals surface area contributed by atoms with Crippen molar-refractivity contribution >= 4 is 39.5 Å². The van der Waals surface area contributed by atoms with E-state index in [9.17, 15) is 9.59 Å². The van der Waals surface area contributed by atoms with E-state index in [1.165, 1.54) is 6.07 Å². The molecule has 0 heterocycles. The number of hydrogen-bond donors (Lipinski definition) is 0. The molecule has 7 heteroatoms. The monoisotopic (exact) mass is 488 g/mol. The van der Waals surface area contributed by atoms with Crippen molar-refractivity contribution in [1.29, 1.82) is 0 Å². The van der Waals surface area contributed by atoms with Crippen molar-refractivity contribution in [3.8, 4) is 11.5 Å². The van der Waals surface area contributed by atoms with Gasteiger partial charge in [-0.2, -0.15) is 0 Å². The minimum atomic E-state index is -0.605. The Labute approximate surface area is 187 Å².